The summed E-state index contributed by atoms with van der Waals surface area (Å²) in [4.78, 5) is 25.1. The van der Waals surface area contributed by atoms with Gasteiger partial charge in [-0.15, -0.1) is 0 Å². The number of rotatable bonds is 8. The van der Waals surface area contributed by atoms with Crippen LogP contribution < -0.4 is 20.7 Å². The van der Waals surface area contributed by atoms with Gasteiger partial charge < -0.3 is 15.4 Å². The van der Waals surface area contributed by atoms with E-state index in [4.69, 9.17) is 17.0 Å². The van der Waals surface area contributed by atoms with Crippen molar-refractivity contribution in [1.82, 2.24) is 5.32 Å². The minimum absolute atomic E-state index is 0.0114. The summed E-state index contributed by atoms with van der Waals surface area (Å²) in [6.45, 7) is 4.81. The number of amides is 2. The van der Waals surface area contributed by atoms with E-state index in [1.807, 2.05) is 0 Å². The first-order chi connectivity index (χ1) is 17.5. The number of hydrogen-bond acceptors (Lipinski definition) is 4. The maximum absolute atomic E-state index is 12.9. The number of benzene rings is 3. The SMILES string of the molecule is CC(C)CCOc1ccc(C(=O)NC(=S)Nc2cccc(C(=O)Nc3cccc(C(F)(F)F)c3)c2)cc1. The van der Waals surface area contributed by atoms with Crippen molar-refractivity contribution in [3.8, 4) is 5.75 Å². The zero-order valence-electron chi connectivity index (χ0n) is 20.2. The van der Waals surface area contributed by atoms with Gasteiger partial charge in [0.05, 0.1) is 12.2 Å². The Morgan fingerprint density at radius 1 is 0.865 bits per heavy atom. The number of halogens is 3. The van der Waals surface area contributed by atoms with Gasteiger partial charge in [-0.1, -0.05) is 26.0 Å². The van der Waals surface area contributed by atoms with E-state index < -0.39 is 23.6 Å². The average Bonchev–Trinajstić information content (AvgIpc) is 2.84. The van der Waals surface area contributed by atoms with Crippen LogP contribution in [0.25, 0.3) is 0 Å². The predicted molar refractivity (Wildman–Crippen MR) is 141 cm³/mol. The lowest BCUT2D eigenvalue weighted by molar-refractivity contribution is -0.137. The molecule has 194 valence electrons. The molecule has 0 aliphatic heterocycles. The van der Waals surface area contributed by atoms with Crippen molar-refractivity contribution in [3.63, 3.8) is 0 Å². The Balaban J connectivity index is 1.56. The molecule has 10 heteroatoms. The summed E-state index contributed by atoms with van der Waals surface area (Å²) in [7, 11) is 0. The molecule has 0 spiro atoms. The zero-order chi connectivity index (χ0) is 27.0. The molecule has 3 aromatic carbocycles. The Hall–Kier alpha value is -3.92. The van der Waals surface area contributed by atoms with Gasteiger partial charge in [-0.25, -0.2) is 0 Å². The fraction of sp³-hybridized carbons (Fsp3) is 0.222. The van der Waals surface area contributed by atoms with E-state index >= 15 is 0 Å². The van der Waals surface area contributed by atoms with Gasteiger partial charge in [-0.3, -0.25) is 14.9 Å². The molecule has 0 saturated carbocycles. The van der Waals surface area contributed by atoms with Crippen LogP contribution in [-0.4, -0.2) is 23.5 Å². The number of thiocarbonyl (C=S) groups is 1. The Kier molecular flexibility index (Phi) is 9.24. The molecule has 0 atom stereocenters. The summed E-state index contributed by atoms with van der Waals surface area (Å²) in [5, 5.41) is 7.85. The molecule has 0 bridgehead atoms. The van der Waals surface area contributed by atoms with Crippen molar-refractivity contribution in [3.05, 3.63) is 89.5 Å². The molecule has 0 fully saturated rings. The van der Waals surface area contributed by atoms with Gasteiger partial charge in [0.2, 0.25) is 0 Å². The van der Waals surface area contributed by atoms with E-state index in [1.165, 1.54) is 24.3 Å². The van der Waals surface area contributed by atoms with Gasteiger partial charge in [0.15, 0.2) is 5.11 Å². The predicted octanol–water partition coefficient (Wildman–Crippen LogP) is 6.51. The van der Waals surface area contributed by atoms with Crippen LogP contribution in [0, 0.1) is 5.92 Å². The quantitative estimate of drug-likeness (QED) is 0.290. The van der Waals surface area contributed by atoms with Crippen LogP contribution in [0.15, 0.2) is 72.8 Å². The Morgan fingerprint density at radius 2 is 1.51 bits per heavy atom. The van der Waals surface area contributed by atoms with Crippen molar-refractivity contribution in [1.29, 1.82) is 0 Å². The normalized spacial score (nSPS) is 11.1. The molecular weight excluding hydrogens is 503 g/mol. The highest BCUT2D eigenvalue weighted by molar-refractivity contribution is 7.80. The molecule has 0 heterocycles. The third kappa shape index (κ3) is 8.60. The largest absolute Gasteiger partial charge is 0.494 e. The summed E-state index contributed by atoms with van der Waals surface area (Å²) in [5.41, 5.74) is 0.127. The highest BCUT2D eigenvalue weighted by atomic mass is 32.1. The first-order valence-electron chi connectivity index (χ1n) is 11.4. The number of ether oxygens (including phenoxy) is 1. The van der Waals surface area contributed by atoms with Crippen LogP contribution in [0.3, 0.4) is 0 Å². The third-order valence-electron chi connectivity index (χ3n) is 5.14. The summed E-state index contributed by atoms with van der Waals surface area (Å²) in [6.07, 6.45) is -3.59. The zero-order valence-corrected chi connectivity index (χ0v) is 21.0. The molecular formula is C27H26F3N3O3S. The molecule has 0 saturated heterocycles. The molecule has 3 aromatic rings. The molecule has 2 amide bonds. The molecule has 0 aromatic heterocycles. The average molecular weight is 530 g/mol. The van der Waals surface area contributed by atoms with Crippen molar-refractivity contribution < 1.29 is 27.5 Å². The minimum atomic E-state index is -4.52. The van der Waals surface area contributed by atoms with Crippen molar-refractivity contribution >= 4 is 40.5 Å². The lowest BCUT2D eigenvalue weighted by Crippen LogP contribution is -2.34. The number of hydrogen-bond donors (Lipinski definition) is 3. The molecule has 3 N–H and O–H groups in total. The Bertz CT molecular complexity index is 1260. The van der Waals surface area contributed by atoms with E-state index in [2.05, 4.69) is 29.8 Å². The molecule has 0 unspecified atom stereocenters. The standard InChI is InChI=1S/C27H26F3N3O3S/c1-17(2)13-14-36-23-11-9-18(10-12-23)24(34)33-26(37)32-21-7-3-5-19(15-21)25(35)31-22-8-4-6-20(16-22)27(28,29)30/h3-12,15-17H,13-14H2,1-2H3,(H,31,35)(H2,32,33,34,37). The molecule has 0 radical (unpaired) electrons. The smallest absolute Gasteiger partial charge is 0.416 e. The summed E-state index contributed by atoms with van der Waals surface area (Å²) in [5.74, 6) is 0.167. The maximum Gasteiger partial charge on any atom is 0.416 e. The van der Waals surface area contributed by atoms with E-state index in [0.29, 0.717) is 29.5 Å². The van der Waals surface area contributed by atoms with Gasteiger partial charge in [0, 0.05) is 22.5 Å². The number of alkyl halides is 3. The van der Waals surface area contributed by atoms with E-state index in [9.17, 15) is 22.8 Å². The first-order valence-corrected chi connectivity index (χ1v) is 11.9. The van der Waals surface area contributed by atoms with Crippen molar-refractivity contribution in [2.45, 2.75) is 26.4 Å². The second kappa shape index (κ2) is 12.4. The monoisotopic (exact) mass is 529 g/mol. The lowest BCUT2D eigenvalue weighted by atomic mass is 10.1. The number of carbonyl (C=O) groups excluding carboxylic acids is 2. The highest BCUT2D eigenvalue weighted by Crippen LogP contribution is 2.30. The third-order valence-corrected chi connectivity index (χ3v) is 5.34. The molecule has 0 aliphatic carbocycles. The first kappa shape index (κ1) is 27.7. The van der Waals surface area contributed by atoms with Crippen LogP contribution >= 0.6 is 12.2 Å². The topological polar surface area (TPSA) is 79.5 Å². The minimum Gasteiger partial charge on any atom is -0.494 e. The van der Waals surface area contributed by atoms with Crippen molar-refractivity contribution in [2.24, 2.45) is 5.92 Å². The van der Waals surface area contributed by atoms with Gasteiger partial charge in [0.25, 0.3) is 11.8 Å². The van der Waals surface area contributed by atoms with Crippen LogP contribution in [0.2, 0.25) is 0 Å². The summed E-state index contributed by atoms with van der Waals surface area (Å²) >= 11 is 5.21. The molecule has 0 aliphatic rings. The van der Waals surface area contributed by atoms with E-state index in [1.54, 1.807) is 36.4 Å². The van der Waals surface area contributed by atoms with Crippen LogP contribution in [-0.2, 0) is 6.18 Å². The Morgan fingerprint density at radius 3 is 2.16 bits per heavy atom. The number of anilines is 2. The fourth-order valence-corrected chi connectivity index (χ4v) is 3.38. The van der Waals surface area contributed by atoms with Gasteiger partial charge >= 0.3 is 6.18 Å². The van der Waals surface area contributed by atoms with E-state index in [0.717, 1.165) is 18.6 Å². The van der Waals surface area contributed by atoms with Crippen molar-refractivity contribution in [2.75, 3.05) is 17.2 Å². The summed E-state index contributed by atoms with van der Waals surface area (Å²) < 4.78 is 44.4. The van der Waals surface area contributed by atoms with Crippen LogP contribution in [0.1, 0.15) is 46.5 Å². The molecule has 3 rings (SSSR count). The molecule has 37 heavy (non-hydrogen) atoms. The number of nitrogens with one attached hydrogen (secondary N) is 3. The highest BCUT2D eigenvalue weighted by Gasteiger charge is 2.30. The second-order valence-electron chi connectivity index (χ2n) is 8.58. The van der Waals surface area contributed by atoms with Gasteiger partial charge in [-0.2, -0.15) is 13.2 Å². The second-order valence-corrected chi connectivity index (χ2v) is 8.99. The molecule has 6 nitrogen and oxygen atoms in total. The maximum atomic E-state index is 12.9. The summed E-state index contributed by atoms with van der Waals surface area (Å²) in [6, 6.07) is 17.2. The van der Waals surface area contributed by atoms with Crippen LogP contribution in [0.4, 0.5) is 24.5 Å². The van der Waals surface area contributed by atoms with Crippen LogP contribution in [0.5, 0.6) is 5.75 Å². The van der Waals surface area contributed by atoms with E-state index in [-0.39, 0.29) is 16.4 Å². The Labute approximate surface area is 218 Å². The van der Waals surface area contributed by atoms with Gasteiger partial charge in [0.1, 0.15) is 5.75 Å². The fourth-order valence-electron chi connectivity index (χ4n) is 3.17. The lowest BCUT2D eigenvalue weighted by Gasteiger charge is -2.12. The van der Waals surface area contributed by atoms with Gasteiger partial charge in [-0.05, 0) is 85.2 Å². The number of carbonyl (C=O) groups is 2.